The standard InChI is InChI=1S/C21H26F3N3O4/c22-21(23,24)19-2-1-17(10-25-19)30-12-14-3-6-26(7-4-14)20(29)27-8-5-18-15(11-27)9-16(28)13-31-18/h1-2,10,14-15,18H,3-9,11-13H2/t15-,18+/m1/s1. The predicted octanol–water partition coefficient (Wildman–Crippen LogP) is 2.99. The Bertz CT molecular complexity index is 794. The van der Waals surface area contributed by atoms with Crippen LogP contribution < -0.4 is 4.74 Å². The quantitative estimate of drug-likeness (QED) is 0.721. The van der Waals surface area contributed by atoms with Gasteiger partial charge in [0.15, 0.2) is 5.78 Å². The molecular formula is C21H26F3N3O4. The third kappa shape index (κ3) is 5.28. The zero-order chi connectivity index (χ0) is 22.0. The molecule has 0 spiro atoms. The fourth-order valence-corrected chi connectivity index (χ4v) is 4.49. The highest BCUT2D eigenvalue weighted by Crippen LogP contribution is 2.30. The summed E-state index contributed by atoms with van der Waals surface area (Å²) < 4.78 is 48.9. The molecule has 170 valence electrons. The molecule has 0 bridgehead atoms. The predicted molar refractivity (Wildman–Crippen MR) is 103 cm³/mol. The zero-order valence-corrected chi connectivity index (χ0v) is 17.1. The monoisotopic (exact) mass is 441 g/mol. The molecule has 0 radical (unpaired) electrons. The maximum Gasteiger partial charge on any atom is 0.433 e. The highest BCUT2D eigenvalue weighted by molar-refractivity contribution is 5.81. The molecule has 31 heavy (non-hydrogen) atoms. The number of fused-ring (bicyclic) bond motifs is 1. The fraction of sp³-hybridized carbons (Fsp3) is 0.667. The third-order valence-corrected chi connectivity index (χ3v) is 6.28. The van der Waals surface area contributed by atoms with Crippen LogP contribution in [0.4, 0.5) is 18.0 Å². The number of likely N-dealkylation sites (tertiary alicyclic amines) is 2. The summed E-state index contributed by atoms with van der Waals surface area (Å²) in [5.74, 6) is 0.710. The minimum absolute atomic E-state index is 0.00257. The Morgan fingerprint density at radius 3 is 2.58 bits per heavy atom. The van der Waals surface area contributed by atoms with Crippen LogP contribution in [-0.4, -0.2) is 72.1 Å². The lowest BCUT2D eigenvalue weighted by molar-refractivity contribution is -0.141. The van der Waals surface area contributed by atoms with Gasteiger partial charge in [-0.05, 0) is 37.3 Å². The Labute approximate surface area is 178 Å². The molecule has 4 heterocycles. The number of halogens is 3. The molecule has 3 aliphatic heterocycles. The Morgan fingerprint density at radius 2 is 1.90 bits per heavy atom. The van der Waals surface area contributed by atoms with Gasteiger partial charge in [0.2, 0.25) is 0 Å². The number of nitrogens with zero attached hydrogens (tertiary/aromatic N) is 3. The molecule has 0 aliphatic carbocycles. The summed E-state index contributed by atoms with van der Waals surface area (Å²) >= 11 is 0. The van der Waals surface area contributed by atoms with Crippen molar-refractivity contribution in [2.24, 2.45) is 11.8 Å². The maximum absolute atomic E-state index is 12.9. The van der Waals surface area contributed by atoms with Gasteiger partial charge in [-0.25, -0.2) is 9.78 Å². The van der Waals surface area contributed by atoms with Crippen molar-refractivity contribution in [2.45, 2.75) is 38.0 Å². The molecule has 7 nitrogen and oxygen atoms in total. The molecule has 3 fully saturated rings. The van der Waals surface area contributed by atoms with Gasteiger partial charge in [-0.1, -0.05) is 0 Å². The van der Waals surface area contributed by atoms with Crippen LogP contribution in [0.3, 0.4) is 0 Å². The smallest absolute Gasteiger partial charge is 0.433 e. The van der Waals surface area contributed by atoms with E-state index in [1.165, 1.54) is 6.07 Å². The number of Topliss-reactive ketones (excluding diaryl/α,β-unsaturated/α-hetero) is 1. The van der Waals surface area contributed by atoms with E-state index < -0.39 is 11.9 Å². The van der Waals surface area contributed by atoms with Gasteiger partial charge in [0.1, 0.15) is 18.1 Å². The number of piperidine rings is 2. The van der Waals surface area contributed by atoms with Gasteiger partial charge in [-0.2, -0.15) is 13.2 Å². The van der Waals surface area contributed by atoms with E-state index in [4.69, 9.17) is 9.47 Å². The minimum Gasteiger partial charge on any atom is -0.492 e. The lowest BCUT2D eigenvalue weighted by Crippen LogP contribution is -2.54. The average molecular weight is 441 g/mol. The Kier molecular flexibility index (Phi) is 6.36. The number of pyridine rings is 1. The van der Waals surface area contributed by atoms with Crippen LogP contribution in [-0.2, 0) is 15.7 Å². The first-order chi connectivity index (χ1) is 14.8. The summed E-state index contributed by atoms with van der Waals surface area (Å²) in [5, 5.41) is 0. The molecular weight excluding hydrogens is 415 g/mol. The molecule has 0 saturated carbocycles. The second kappa shape index (κ2) is 9.02. The lowest BCUT2D eigenvalue weighted by Gasteiger charge is -2.43. The molecule has 0 unspecified atom stereocenters. The van der Waals surface area contributed by atoms with E-state index in [0.717, 1.165) is 31.5 Å². The van der Waals surface area contributed by atoms with E-state index in [1.54, 1.807) is 0 Å². The molecule has 2 atom stereocenters. The van der Waals surface area contributed by atoms with Crippen molar-refractivity contribution in [3.05, 3.63) is 24.0 Å². The van der Waals surface area contributed by atoms with Crippen molar-refractivity contribution in [1.82, 2.24) is 14.8 Å². The Balaban J connectivity index is 1.21. The molecule has 1 aromatic heterocycles. The van der Waals surface area contributed by atoms with Crippen molar-refractivity contribution in [3.63, 3.8) is 0 Å². The van der Waals surface area contributed by atoms with Crippen LogP contribution in [0.1, 0.15) is 31.4 Å². The third-order valence-electron chi connectivity index (χ3n) is 6.28. The van der Waals surface area contributed by atoms with Gasteiger partial charge in [0.05, 0.1) is 18.9 Å². The van der Waals surface area contributed by atoms with Gasteiger partial charge in [-0.3, -0.25) is 4.79 Å². The number of aromatic nitrogens is 1. The van der Waals surface area contributed by atoms with Crippen LogP contribution in [0, 0.1) is 11.8 Å². The zero-order valence-electron chi connectivity index (χ0n) is 17.1. The van der Waals surface area contributed by atoms with Crippen molar-refractivity contribution in [1.29, 1.82) is 0 Å². The first-order valence-electron chi connectivity index (χ1n) is 10.6. The largest absolute Gasteiger partial charge is 0.492 e. The van der Waals surface area contributed by atoms with Gasteiger partial charge >= 0.3 is 12.2 Å². The number of ketones is 1. The van der Waals surface area contributed by atoms with E-state index in [0.29, 0.717) is 45.0 Å². The number of hydrogen-bond acceptors (Lipinski definition) is 5. The second-order valence-corrected chi connectivity index (χ2v) is 8.49. The van der Waals surface area contributed by atoms with E-state index in [2.05, 4.69) is 4.98 Å². The number of carbonyl (C=O) groups is 2. The average Bonchev–Trinajstić information content (AvgIpc) is 2.76. The van der Waals surface area contributed by atoms with Crippen LogP contribution in [0.15, 0.2) is 18.3 Å². The summed E-state index contributed by atoms with van der Waals surface area (Å²) in [5.41, 5.74) is -0.945. The van der Waals surface area contributed by atoms with Crippen LogP contribution in [0.2, 0.25) is 0 Å². The molecule has 0 N–H and O–H groups in total. The van der Waals surface area contributed by atoms with E-state index in [9.17, 15) is 22.8 Å². The molecule has 3 aliphatic rings. The van der Waals surface area contributed by atoms with Crippen molar-refractivity contribution in [3.8, 4) is 5.75 Å². The number of rotatable bonds is 3. The van der Waals surface area contributed by atoms with Crippen molar-refractivity contribution < 1.29 is 32.2 Å². The number of alkyl halides is 3. The highest BCUT2D eigenvalue weighted by Gasteiger charge is 2.38. The summed E-state index contributed by atoms with van der Waals surface area (Å²) in [6.07, 6.45) is -0.536. The van der Waals surface area contributed by atoms with Crippen molar-refractivity contribution >= 4 is 11.8 Å². The number of carbonyl (C=O) groups excluding carboxylic acids is 2. The Morgan fingerprint density at radius 1 is 1.16 bits per heavy atom. The summed E-state index contributed by atoms with van der Waals surface area (Å²) in [7, 11) is 0. The second-order valence-electron chi connectivity index (χ2n) is 8.49. The molecule has 1 aromatic rings. The minimum atomic E-state index is -4.47. The van der Waals surface area contributed by atoms with Gasteiger partial charge in [-0.15, -0.1) is 0 Å². The Hall–Kier alpha value is -2.36. The van der Waals surface area contributed by atoms with Crippen LogP contribution in [0.5, 0.6) is 5.75 Å². The van der Waals surface area contributed by atoms with E-state index in [-0.39, 0.29) is 36.4 Å². The first-order valence-corrected chi connectivity index (χ1v) is 10.6. The summed E-state index contributed by atoms with van der Waals surface area (Å²) in [6, 6.07) is 2.19. The van der Waals surface area contributed by atoms with Crippen LogP contribution >= 0.6 is 0 Å². The molecule has 2 amide bonds. The highest BCUT2D eigenvalue weighted by atomic mass is 19.4. The van der Waals surface area contributed by atoms with Gasteiger partial charge < -0.3 is 19.3 Å². The van der Waals surface area contributed by atoms with Gasteiger partial charge in [0.25, 0.3) is 0 Å². The summed E-state index contributed by atoms with van der Waals surface area (Å²) in [6.45, 7) is 2.98. The number of hydrogen-bond donors (Lipinski definition) is 0. The lowest BCUT2D eigenvalue weighted by atomic mass is 9.88. The van der Waals surface area contributed by atoms with E-state index in [1.807, 2.05) is 9.80 Å². The topological polar surface area (TPSA) is 72.0 Å². The van der Waals surface area contributed by atoms with E-state index >= 15 is 0 Å². The fourth-order valence-electron chi connectivity index (χ4n) is 4.49. The molecule has 0 aromatic carbocycles. The number of amides is 2. The first kappa shape index (κ1) is 21.9. The number of ether oxygens (including phenoxy) is 2. The molecule has 3 saturated heterocycles. The SMILES string of the molecule is O=C1CO[C@H]2CCN(C(=O)N3CCC(COc4ccc(C(F)(F)F)nc4)CC3)C[C@H]2C1. The van der Waals surface area contributed by atoms with Crippen molar-refractivity contribution in [2.75, 3.05) is 39.4 Å². The normalized spacial score (nSPS) is 25.3. The molecule has 10 heteroatoms. The molecule has 4 rings (SSSR count). The maximum atomic E-state index is 12.9. The van der Waals surface area contributed by atoms with Gasteiger partial charge in [0, 0.05) is 38.5 Å². The summed E-state index contributed by atoms with van der Waals surface area (Å²) in [4.78, 5) is 31.6. The number of urea groups is 1. The van der Waals surface area contributed by atoms with Crippen LogP contribution in [0.25, 0.3) is 0 Å².